The van der Waals surface area contributed by atoms with Gasteiger partial charge in [-0.15, -0.1) is 23.1 Å². The average Bonchev–Trinajstić information content (AvgIpc) is 2.79. The highest BCUT2D eigenvalue weighted by atomic mass is 32.2. The molecule has 0 bridgehead atoms. The molecule has 2 aromatic rings. The maximum atomic E-state index is 10.7. The molecule has 2 heterocycles. The van der Waals surface area contributed by atoms with Crippen LogP contribution in [-0.2, 0) is 5.75 Å². The van der Waals surface area contributed by atoms with E-state index in [0.717, 1.165) is 10.6 Å². The molecule has 0 aliphatic carbocycles. The molecule has 6 heteroatoms. The maximum absolute atomic E-state index is 10.7. The molecule has 0 atom stereocenters. The first kappa shape index (κ1) is 11.1. The minimum Gasteiger partial charge on any atom is -0.477 e. The van der Waals surface area contributed by atoms with E-state index in [9.17, 15) is 4.79 Å². The zero-order chi connectivity index (χ0) is 11.4. The number of nitrogens with zero attached hydrogens (tertiary/aromatic N) is 2. The van der Waals surface area contributed by atoms with Gasteiger partial charge in [-0.2, -0.15) is 0 Å². The van der Waals surface area contributed by atoms with E-state index in [1.165, 1.54) is 11.1 Å². The Morgan fingerprint density at radius 1 is 1.56 bits per heavy atom. The highest BCUT2D eigenvalue weighted by Crippen LogP contribution is 2.24. The number of aromatic nitrogens is 2. The molecule has 0 fully saturated rings. The normalized spacial score (nSPS) is 10.2. The number of hydrogen-bond donors (Lipinski definition) is 1. The zero-order valence-corrected chi connectivity index (χ0v) is 9.79. The van der Waals surface area contributed by atoms with Crippen LogP contribution in [0.2, 0.25) is 0 Å². The Kier molecular flexibility index (Phi) is 3.53. The van der Waals surface area contributed by atoms with Crippen molar-refractivity contribution in [2.75, 3.05) is 0 Å². The molecule has 0 saturated carbocycles. The number of thiazole rings is 1. The first-order valence-electron chi connectivity index (χ1n) is 4.45. The number of hydrogen-bond acceptors (Lipinski definition) is 5. The number of carboxylic acid groups (broad SMARTS) is 1. The summed E-state index contributed by atoms with van der Waals surface area (Å²) in [6.45, 7) is 0. The Balaban J connectivity index is 2.04. The van der Waals surface area contributed by atoms with Gasteiger partial charge in [0.15, 0.2) is 0 Å². The van der Waals surface area contributed by atoms with Gasteiger partial charge in [0.05, 0.1) is 5.51 Å². The van der Waals surface area contributed by atoms with E-state index in [0.29, 0.717) is 0 Å². The lowest BCUT2D eigenvalue weighted by Crippen LogP contribution is -1.99. The summed E-state index contributed by atoms with van der Waals surface area (Å²) < 4.78 is 0. The van der Waals surface area contributed by atoms with Crippen molar-refractivity contribution >= 4 is 29.1 Å². The average molecular weight is 252 g/mol. The Morgan fingerprint density at radius 3 is 3.12 bits per heavy atom. The van der Waals surface area contributed by atoms with Gasteiger partial charge in [-0.05, 0) is 12.1 Å². The topological polar surface area (TPSA) is 63.1 Å². The molecule has 1 N–H and O–H groups in total. The molecule has 0 amide bonds. The molecular formula is C10H8N2O2S2. The lowest BCUT2D eigenvalue weighted by molar-refractivity contribution is 0.0690. The summed E-state index contributed by atoms with van der Waals surface area (Å²) in [7, 11) is 0. The quantitative estimate of drug-likeness (QED) is 0.847. The van der Waals surface area contributed by atoms with Crippen LogP contribution in [-0.4, -0.2) is 21.0 Å². The summed E-state index contributed by atoms with van der Waals surface area (Å²) >= 11 is 3.17. The van der Waals surface area contributed by atoms with Crippen LogP contribution >= 0.6 is 23.1 Å². The highest BCUT2D eigenvalue weighted by molar-refractivity contribution is 7.98. The largest absolute Gasteiger partial charge is 0.477 e. The molecule has 82 valence electrons. The van der Waals surface area contributed by atoms with Gasteiger partial charge in [0.2, 0.25) is 0 Å². The number of carboxylic acids is 1. The Bertz CT molecular complexity index is 485. The van der Waals surface area contributed by atoms with Gasteiger partial charge >= 0.3 is 5.97 Å². The van der Waals surface area contributed by atoms with Crippen molar-refractivity contribution in [3.63, 3.8) is 0 Å². The van der Waals surface area contributed by atoms with E-state index >= 15 is 0 Å². The number of thioether (sulfide) groups is 1. The standard InChI is InChI=1S/C10H8N2O2S2/c13-10(14)9-3-7(1-2-12-9)15-5-8-4-11-6-16-8/h1-4,6H,5H2,(H,13,14). The lowest BCUT2D eigenvalue weighted by Gasteiger charge is -2.00. The Labute approximate surface area is 100 Å². The number of pyridine rings is 1. The second-order valence-electron chi connectivity index (χ2n) is 2.94. The van der Waals surface area contributed by atoms with E-state index in [1.54, 1.807) is 40.7 Å². The van der Waals surface area contributed by atoms with Crippen molar-refractivity contribution in [1.82, 2.24) is 9.97 Å². The van der Waals surface area contributed by atoms with Crippen LogP contribution in [0.1, 0.15) is 15.4 Å². The molecule has 2 rings (SSSR count). The fraction of sp³-hybridized carbons (Fsp3) is 0.100. The van der Waals surface area contributed by atoms with Gasteiger partial charge in [-0.1, -0.05) is 0 Å². The SMILES string of the molecule is O=C(O)c1cc(SCc2cncs2)ccn1. The minimum atomic E-state index is -1.000. The van der Waals surface area contributed by atoms with E-state index in [2.05, 4.69) is 9.97 Å². The monoisotopic (exact) mass is 252 g/mol. The van der Waals surface area contributed by atoms with Crippen molar-refractivity contribution in [3.05, 3.63) is 40.6 Å². The minimum absolute atomic E-state index is 0.0781. The first-order chi connectivity index (χ1) is 7.75. The third-order valence-electron chi connectivity index (χ3n) is 1.82. The molecule has 0 spiro atoms. The fourth-order valence-corrected chi connectivity index (χ4v) is 2.65. The predicted molar refractivity (Wildman–Crippen MR) is 62.9 cm³/mol. The van der Waals surface area contributed by atoms with Gasteiger partial charge in [-0.3, -0.25) is 4.98 Å². The van der Waals surface area contributed by atoms with Crippen molar-refractivity contribution < 1.29 is 9.90 Å². The van der Waals surface area contributed by atoms with E-state index in [1.807, 2.05) is 6.20 Å². The van der Waals surface area contributed by atoms with Crippen LogP contribution in [0.25, 0.3) is 0 Å². The smallest absolute Gasteiger partial charge is 0.354 e. The third-order valence-corrected chi connectivity index (χ3v) is 3.82. The summed E-state index contributed by atoms with van der Waals surface area (Å²) in [5.74, 6) is -0.200. The maximum Gasteiger partial charge on any atom is 0.354 e. The molecule has 0 radical (unpaired) electrons. The summed E-state index contributed by atoms with van der Waals surface area (Å²) in [5.41, 5.74) is 1.86. The van der Waals surface area contributed by atoms with Crippen LogP contribution in [0, 0.1) is 0 Å². The van der Waals surface area contributed by atoms with Crippen LogP contribution in [0.5, 0.6) is 0 Å². The van der Waals surface area contributed by atoms with Crippen LogP contribution < -0.4 is 0 Å². The molecular weight excluding hydrogens is 244 g/mol. The van der Waals surface area contributed by atoms with Crippen LogP contribution in [0.4, 0.5) is 0 Å². The van der Waals surface area contributed by atoms with Gasteiger partial charge in [-0.25, -0.2) is 9.78 Å². The molecule has 4 nitrogen and oxygen atoms in total. The van der Waals surface area contributed by atoms with Crippen LogP contribution in [0.3, 0.4) is 0 Å². The lowest BCUT2D eigenvalue weighted by atomic mass is 10.3. The third kappa shape index (κ3) is 2.80. The van der Waals surface area contributed by atoms with Gasteiger partial charge in [0.25, 0.3) is 0 Å². The van der Waals surface area contributed by atoms with E-state index in [4.69, 9.17) is 5.11 Å². The summed E-state index contributed by atoms with van der Waals surface area (Å²) in [6, 6.07) is 3.38. The molecule has 0 unspecified atom stereocenters. The van der Waals surface area contributed by atoms with Crippen molar-refractivity contribution in [2.45, 2.75) is 10.6 Å². The van der Waals surface area contributed by atoms with Crippen molar-refractivity contribution in [3.8, 4) is 0 Å². The molecule has 2 aromatic heterocycles. The first-order valence-corrected chi connectivity index (χ1v) is 6.32. The summed E-state index contributed by atoms with van der Waals surface area (Å²) in [6.07, 6.45) is 3.33. The van der Waals surface area contributed by atoms with E-state index in [-0.39, 0.29) is 5.69 Å². The van der Waals surface area contributed by atoms with Gasteiger partial charge in [0, 0.05) is 27.9 Å². The molecule has 0 aliphatic rings. The van der Waals surface area contributed by atoms with E-state index < -0.39 is 5.97 Å². The number of carbonyl (C=O) groups is 1. The Hall–Kier alpha value is -1.40. The number of rotatable bonds is 4. The molecule has 0 aliphatic heterocycles. The number of aromatic carboxylic acids is 1. The Morgan fingerprint density at radius 2 is 2.44 bits per heavy atom. The summed E-state index contributed by atoms with van der Waals surface area (Å²) in [4.78, 5) is 20.5. The zero-order valence-electron chi connectivity index (χ0n) is 8.16. The molecule has 0 aromatic carbocycles. The van der Waals surface area contributed by atoms with Gasteiger partial charge < -0.3 is 5.11 Å². The molecule has 0 saturated heterocycles. The summed E-state index contributed by atoms with van der Waals surface area (Å²) in [5, 5.41) is 8.78. The van der Waals surface area contributed by atoms with Crippen molar-refractivity contribution in [2.24, 2.45) is 0 Å². The second kappa shape index (κ2) is 5.09. The second-order valence-corrected chi connectivity index (χ2v) is 4.96. The molecule has 16 heavy (non-hydrogen) atoms. The predicted octanol–water partition coefficient (Wildman–Crippen LogP) is 2.53. The van der Waals surface area contributed by atoms with Crippen molar-refractivity contribution in [1.29, 1.82) is 0 Å². The van der Waals surface area contributed by atoms with Crippen LogP contribution in [0.15, 0.2) is 34.9 Å². The van der Waals surface area contributed by atoms with Gasteiger partial charge in [0.1, 0.15) is 5.69 Å². The highest BCUT2D eigenvalue weighted by Gasteiger charge is 2.05. The fourth-order valence-electron chi connectivity index (χ4n) is 1.09.